The Morgan fingerprint density at radius 2 is 1.81 bits per heavy atom. The lowest BCUT2D eigenvalue weighted by Gasteiger charge is -2.33. The number of benzene rings is 2. The Morgan fingerprint density at radius 3 is 2.50 bits per heavy atom. The van der Waals surface area contributed by atoms with Crippen LogP contribution in [0.2, 0.25) is 10.0 Å². The lowest BCUT2D eigenvalue weighted by atomic mass is 10.1. The number of nitro benzene ring substituents is 1. The van der Waals surface area contributed by atoms with Crippen LogP contribution < -0.4 is 4.90 Å². The van der Waals surface area contributed by atoms with Crippen molar-refractivity contribution in [2.24, 2.45) is 0 Å². The van der Waals surface area contributed by atoms with E-state index in [0.717, 1.165) is 22.5 Å². The number of aromatic nitrogens is 1. The van der Waals surface area contributed by atoms with Gasteiger partial charge in [-0.2, -0.15) is 4.31 Å². The first kappa shape index (κ1) is 22.9. The summed E-state index contributed by atoms with van der Waals surface area (Å²) in [5, 5.41) is 14.8. The number of nitrogens with zero attached hydrogens (tertiary/aromatic N) is 4. The van der Waals surface area contributed by atoms with Gasteiger partial charge < -0.3 is 4.90 Å². The number of hydrogen-bond acceptors (Lipinski definition) is 7. The van der Waals surface area contributed by atoms with Crippen molar-refractivity contribution < 1.29 is 13.3 Å². The van der Waals surface area contributed by atoms with E-state index in [2.05, 4.69) is 4.98 Å². The van der Waals surface area contributed by atoms with Crippen molar-refractivity contribution in [3.8, 4) is 0 Å². The summed E-state index contributed by atoms with van der Waals surface area (Å²) in [5.74, 6) is 0. The minimum absolute atomic E-state index is 0.0710. The topological polar surface area (TPSA) is 96.6 Å². The molecule has 1 aliphatic heterocycles. The summed E-state index contributed by atoms with van der Waals surface area (Å²) in [7, 11) is -3.80. The number of non-ortho nitro benzene ring substituents is 1. The standard InChI is InChI=1S/C20H18Cl2N4O4S2/c21-18-5-4-14(11-19(18)22)10-15-13-31-20(23-15)24-6-8-25(9-7-24)32(29,30)17-3-1-2-16(12-17)26(27)28/h1-5,11-13H,6-10H2. The highest BCUT2D eigenvalue weighted by molar-refractivity contribution is 7.89. The van der Waals surface area contributed by atoms with E-state index < -0.39 is 14.9 Å². The normalized spacial score (nSPS) is 15.1. The Balaban J connectivity index is 1.41. The van der Waals surface area contributed by atoms with Crippen molar-refractivity contribution >= 4 is 55.4 Å². The summed E-state index contributed by atoms with van der Waals surface area (Å²) in [4.78, 5) is 17.0. The van der Waals surface area contributed by atoms with Gasteiger partial charge in [0.05, 0.1) is 25.6 Å². The fourth-order valence-electron chi connectivity index (χ4n) is 3.41. The molecule has 1 aromatic heterocycles. The molecule has 1 saturated heterocycles. The molecule has 0 unspecified atom stereocenters. The van der Waals surface area contributed by atoms with Gasteiger partial charge in [0.2, 0.25) is 10.0 Å². The molecule has 0 atom stereocenters. The number of nitro groups is 1. The van der Waals surface area contributed by atoms with Crippen LogP contribution in [0.4, 0.5) is 10.8 Å². The predicted octanol–water partition coefficient (Wildman–Crippen LogP) is 4.46. The molecule has 1 aliphatic rings. The van der Waals surface area contributed by atoms with Gasteiger partial charge in [-0.15, -0.1) is 11.3 Å². The van der Waals surface area contributed by atoms with Crippen molar-refractivity contribution in [2.75, 3.05) is 31.1 Å². The highest BCUT2D eigenvalue weighted by Gasteiger charge is 2.30. The van der Waals surface area contributed by atoms with Crippen LogP contribution in [0.25, 0.3) is 0 Å². The van der Waals surface area contributed by atoms with Crippen LogP contribution in [0.5, 0.6) is 0 Å². The van der Waals surface area contributed by atoms with Crippen molar-refractivity contribution in [1.82, 2.24) is 9.29 Å². The number of hydrogen-bond donors (Lipinski definition) is 0. The maximum Gasteiger partial charge on any atom is 0.270 e. The molecular weight excluding hydrogens is 495 g/mol. The molecule has 0 bridgehead atoms. The third-order valence-electron chi connectivity index (χ3n) is 5.08. The summed E-state index contributed by atoms with van der Waals surface area (Å²) in [5.41, 5.74) is 1.65. The molecule has 168 valence electrons. The number of rotatable bonds is 6. The molecule has 0 spiro atoms. The molecule has 4 rings (SSSR count). The third kappa shape index (κ3) is 4.89. The van der Waals surface area contributed by atoms with E-state index in [4.69, 9.17) is 23.2 Å². The Labute approximate surface area is 199 Å². The number of thiazole rings is 1. The van der Waals surface area contributed by atoms with Crippen LogP contribution in [-0.4, -0.2) is 48.8 Å². The van der Waals surface area contributed by atoms with Gasteiger partial charge >= 0.3 is 0 Å². The Bertz CT molecular complexity index is 1260. The van der Waals surface area contributed by atoms with Crippen LogP contribution in [0.1, 0.15) is 11.3 Å². The lowest BCUT2D eigenvalue weighted by molar-refractivity contribution is -0.385. The first-order valence-corrected chi connectivity index (χ1v) is 12.7. The van der Waals surface area contributed by atoms with Gasteiger partial charge in [0, 0.05) is 50.1 Å². The monoisotopic (exact) mass is 512 g/mol. The smallest absolute Gasteiger partial charge is 0.270 e. The second-order valence-corrected chi connectivity index (χ2v) is 10.8. The van der Waals surface area contributed by atoms with Gasteiger partial charge in [0.25, 0.3) is 5.69 Å². The maximum atomic E-state index is 12.9. The third-order valence-corrected chi connectivity index (χ3v) is 8.67. The Kier molecular flexibility index (Phi) is 6.68. The molecule has 3 aromatic rings. The first-order valence-electron chi connectivity index (χ1n) is 9.62. The summed E-state index contributed by atoms with van der Waals surface area (Å²) < 4.78 is 27.2. The van der Waals surface area contributed by atoms with Crippen LogP contribution in [0.15, 0.2) is 52.7 Å². The second-order valence-electron chi connectivity index (χ2n) is 7.19. The summed E-state index contributed by atoms with van der Waals surface area (Å²) in [6, 6.07) is 10.6. The van der Waals surface area contributed by atoms with Gasteiger partial charge in [-0.05, 0) is 23.8 Å². The number of anilines is 1. The molecular formula is C20H18Cl2N4O4S2. The second kappa shape index (κ2) is 9.32. The van der Waals surface area contributed by atoms with Crippen LogP contribution >= 0.6 is 34.5 Å². The van der Waals surface area contributed by atoms with Gasteiger partial charge in [0.1, 0.15) is 0 Å². The fourth-order valence-corrected chi connectivity index (χ4v) is 6.07. The predicted molar refractivity (Wildman–Crippen MR) is 125 cm³/mol. The van der Waals surface area contributed by atoms with E-state index in [1.165, 1.54) is 33.8 Å². The molecule has 0 saturated carbocycles. The summed E-state index contributed by atoms with van der Waals surface area (Å²) in [6.07, 6.45) is 0.620. The van der Waals surface area contributed by atoms with Crippen LogP contribution in [0.3, 0.4) is 0 Å². The lowest BCUT2D eigenvalue weighted by Crippen LogP contribution is -2.48. The number of sulfonamides is 1. The maximum absolute atomic E-state index is 12.9. The zero-order valence-electron chi connectivity index (χ0n) is 16.6. The molecule has 32 heavy (non-hydrogen) atoms. The van der Waals surface area contributed by atoms with Crippen molar-refractivity contribution in [3.05, 3.63) is 79.3 Å². The van der Waals surface area contributed by atoms with Crippen molar-refractivity contribution in [1.29, 1.82) is 0 Å². The average Bonchev–Trinajstić information content (AvgIpc) is 3.25. The molecule has 8 nitrogen and oxygen atoms in total. The zero-order chi connectivity index (χ0) is 22.9. The SMILES string of the molecule is O=[N+]([O-])c1cccc(S(=O)(=O)N2CCN(c3nc(Cc4ccc(Cl)c(Cl)c4)cs3)CC2)c1. The molecule has 0 aliphatic carbocycles. The Hall–Kier alpha value is -2.24. The fraction of sp³-hybridized carbons (Fsp3) is 0.250. The highest BCUT2D eigenvalue weighted by atomic mass is 35.5. The summed E-state index contributed by atoms with van der Waals surface area (Å²) in [6.45, 7) is 1.50. The minimum atomic E-state index is -3.80. The Morgan fingerprint density at radius 1 is 1.06 bits per heavy atom. The number of halogens is 2. The first-order chi connectivity index (χ1) is 15.2. The van der Waals surface area contributed by atoms with E-state index in [1.54, 1.807) is 6.07 Å². The van der Waals surface area contributed by atoms with Gasteiger partial charge in [0.15, 0.2) is 5.13 Å². The minimum Gasteiger partial charge on any atom is -0.345 e. The molecule has 2 heterocycles. The van der Waals surface area contributed by atoms with Crippen LogP contribution in [-0.2, 0) is 16.4 Å². The highest BCUT2D eigenvalue weighted by Crippen LogP contribution is 2.28. The molecule has 2 aromatic carbocycles. The van der Waals surface area contributed by atoms with E-state index in [9.17, 15) is 18.5 Å². The molecule has 0 N–H and O–H groups in total. The average molecular weight is 513 g/mol. The van der Waals surface area contributed by atoms with Gasteiger partial charge in [-0.25, -0.2) is 13.4 Å². The number of piperazine rings is 1. The molecule has 0 radical (unpaired) electrons. The van der Waals surface area contributed by atoms with E-state index in [0.29, 0.717) is 29.6 Å². The molecule has 12 heteroatoms. The van der Waals surface area contributed by atoms with Gasteiger partial charge in [-0.3, -0.25) is 10.1 Å². The zero-order valence-corrected chi connectivity index (χ0v) is 19.8. The van der Waals surface area contributed by atoms with E-state index >= 15 is 0 Å². The largest absolute Gasteiger partial charge is 0.345 e. The van der Waals surface area contributed by atoms with Crippen molar-refractivity contribution in [2.45, 2.75) is 11.3 Å². The van der Waals surface area contributed by atoms with Crippen molar-refractivity contribution in [3.63, 3.8) is 0 Å². The van der Waals surface area contributed by atoms with Crippen LogP contribution in [0, 0.1) is 10.1 Å². The van der Waals surface area contributed by atoms with E-state index in [1.807, 2.05) is 22.4 Å². The van der Waals surface area contributed by atoms with E-state index in [-0.39, 0.29) is 23.7 Å². The molecule has 1 fully saturated rings. The summed E-state index contributed by atoms with van der Waals surface area (Å²) >= 11 is 13.6. The quantitative estimate of drug-likeness (QED) is 0.357. The van der Waals surface area contributed by atoms with Gasteiger partial charge in [-0.1, -0.05) is 35.3 Å². The molecule has 0 amide bonds.